The SMILES string of the molecule is CCN(CCCNC(C)c1ccc(F)c(F)c1)S(C)(=O)=O. The van der Waals surface area contributed by atoms with E-state index in [0.717, 1.165) is 6.07 Å². The predicted molar refractivity (Wildman–Crippen MR) is 79.5 cm³/mol. The summed E-state index contributed by atoms with van der Waals surface area (Å²) in [5.41, 5.74) is 0.657. The van der Waals surface area contributed by atoms with Gasteiger partial charge in [-0.15, -0.1) is 0 Å². The zero-order valence-electron chi connectivity index (χ0n) is 12.6. The number of halogens is 2. The first kappa shape index (κ1) is 18.0. The van der Waals surface area contributed by atoms with Crippen molar-refractivity contribution in [2.45, 2.75) is 26.3 Å². The van der Waals surface area contributed by atoms with Crippen molar-refractivity contribution in [1.82, 2.24) is 9.62 Å². The highest BCUT2D eigenvalue weighted by molar-refractivity contribution is 7.88. The summed E-state index contributed by atoms with van der Waals surface area (Å²) in [6.07, 6.45) is 1.84. The van der Waals surface area contributed by atoms with Crippen molar-refractivity contribution in [2.24, 2.45) is 0 Å². The van der Waals surface area contributed by atoms with Gasteiger partial charge in [-0.05, 0) is 37.6 Å². The van der Waals surface area contributed by atoms with Crippen LogP contribution in [-0.2, 0) is 10.0 Å². The van der Waals surface area contributed by atoms with E-state index >= 15 is 0 Å². The Morgan fingerprint density at radius 3 is 2.48 bits per heavy atom. The van der Waals surface area contributed by atoms with Crippen LogP contribution in [0.15, 0.2) is 18.2 Å². The molecule has 0 amide bonds. The Balaban J connectivity index is 2.43. The number of rotatable bonds is 8. The highest BCUT2D eigenvalue weighted by Gasteiger charge is 2.14. The molecule has 0 saturated carbocycles. The van der Waals surface area contributed by atoms with Gasteiger partial charge in [0.25, 0.3) is 0 Å². The normalized spacial score (nSPS) is 13.6. The monoisotopic (exact) mass is 320 g/mol. The van der Waals surface area contributed by atoms with Crippen molar-refractivity contribution in [3.05, 3.63) is 35.4 Å². The molecule has 0 spiro atoms. The van der Waals surface area contributed by atoms with Gasteiger partial charge in [0.1, 0.15) is 0 Å². The first-order chi connectivity index (χ1) is 9.75. The summed E-state index contributed by atoms with van der Waals surface area (Å²) in [5, 5.41) is 3.17. The number of nitrogens with one attached hydrogen (secondary N) is 1. The second-order valence-electron chi connectivity index (χ2n) is 4.96. The topological polar surface area (TPSA) is 49.4 Å². The maximum Gasteiger partial charge on any atom is 0.211 e. The van der Waals surface area contributed by atoms with Gasteiger partial charge in [-0.2, -0.15) is 0 Å². The third kappa shape index (κ3) is 5.68. The molecule has 1 aromatic rings. The lowest BCUT2D eigenvalue weighted by Gasteiger charge is -2.19. The van der Waals surface area contributed by atoms with E-state index in [1.54, 1.807) is 6.92 Å². The lowest BCUT2D eigenvalue weighted by atomic mass is 10.1. The average molecular weight is 320 g/mol. The summed E-state index contributed by atoms with van der Waals surface area (Å²) in [6.45, 7) is 5.11. The van der Waals surface area contributed by atoms with Crippen molar-refractivity contribution in [3.8, 4) is 0 Å². The Bertz CT molecular complexity index is 564. The van der Waals surface area contributed by atoms with E-state index in [2.05, 4.69) is 5.32 Å². The molecule has 0 aliphatic rings. The molecule has 1 atom stereocenters. The van der Waals surface area contributed by atoms with Gasteiger partial charge in [-0.3, -0.25) is 0 Å². The van der Waals surface area contributed by atoms with Gasteiger partial charge in [0.2, 0.25) is 10.0 Å². The number of sulfonamides is 1. The van der Waals surface area contributed by atoms with E-state index in [1.165, 1.54) is 22.7 Å². The molecular weight excluding hydrogens is 298 g/mol. The lowest BCUT2D eigenvalue weighted by Crippen LogP contribution is -2.32. The van der Waals surface area contributed by atoms with E-state index in [-0.39, 0.29) is 6.04 Å². The lowest BCUT2D eigenvalue weighted by molar-refractivity contribution is 0.413. The van der Waals surface area contributed by atoms with Crippen molar-refractivity contribution < 1.29 is 17.2 Å². The number of hydrogen-bond acceptors (Lipinski definition) is 3. The first-order valence-corrected chi connectivity index (χ1v) is 8.74. The summed E-state index contributed by atoms with van der Waals surface area (Å²) >= 11 is 0. The number of hydrogen-bond donors (Lipinski definition) is 1. The van der Waals surface area contributed by atoms with Crippen LogP contribution in [0.4, 0.5) is 8.78 Å². The van der Waals surface area contributed by atoms with E-state index < -0.39 is 21.7 Å². The van der Waals surface area contributed by atoms with Crippen LogP contribution in [0, 0.1) is 11.6 Å². The highest BCUT2D eigenvalue weighted by Crippen LogP contribution is 2.15. The first-order valence-electron chi connectivity index (χ1n) is 6.89. The third-order valence-corrected chi connectivity index (χ3v) is 4.68. The molecule has 21 heavy (non-hydrogen) atoms. The zero-order chi connectivity index (χ0) is 16.0. The largest absolute Gasteiger partial charge is 0.310 e. The van der Waals surface area contributed by atoms with Crippen LogP contribution in [0.3, 0.4) is 0 Å². The Morgan fingerprint density at radius 1 is 1.29 bits per heavy atom. The highest BCUT2D eigenvalue weighted by atomic mass is 32.2. The molecule has 0 aliphatic heterocycles. The van der Waals surface area contributed by atoms with Gasteiger partial charge in [0, 0.05) is 19.1 Å². The van der Waals surface area contributed by atoms with Crippen LogP contribution in [-0.4, -0.2) is 38.6 Å². The molecule has 0 heterocycles. The van der Waals surface area contributed by atoms with Gasteiger partial charge in [0.15, 0.2) is 11.6 Å². The van der Waals surface area contributed by atoms with E-state index in [9.17, 15) is 17.2 Å². The van der Waals surface area contributed by atoms with Gasteiger partial charge in [0.05, 0.1) is 6.26 Å². The minimum atomic E-state index is -3.16. The Hall–Kier alpha value is -1.05. The molecule has 7 heteroatoms. The molecule has 120 valence electrons. The molecule has 0 radical (unpaired) electrons. The van der Waals surface area contributed by atoms with Gasteiger partial charge < -0.3 is 5.32 Å². The third-order valence-electron chi connectivity index (χ3n) is 3.30. The smallest absolute Gasteiger partial charge is 0.211 e. The molecule has 0 saturated heterocycles. The van der Waals surface area contributed by atoms with Crippen molar-refractivity contribution >= 4 is 10.0 Å². The van der Waals surface area contributed by atoms with Crippen LogP contribution in [0.1, 0.15) is 31.9 Å². The molecule has 0 aromatic heterocycles. The zero-order valence-corrected chi connectivity index (χ0v) is 13.4. The van der Waals surface area contributed by atoms with Crippen molar-refractivity contribution in [1.29, 1.82) is 0 Å². The Morgan fingerprint density at radius 2 is 1.95 bits per heavy atom. The summed E-state index contributed by atoms with van der Waals surface area (Å²) < 4.78 is 50.2. The minimum Gasteiger partial charge on any atom is -0.310 e. The second-order valence-corrected chi connectivity index (χ2v) is 6.94. The van der Waals surface area contributed by atoms with E-state index in [0.29, 0.717) is 31.6 Å². The van der Waals surface area contributed by atoms with Crippen molar-refractivity contribution in [2.75, 3.05) is 25.9 Å². The summed E-state index contributed by atoms with van der Waals surface area (Å²) in [6, 6.07) is 3.67. The summed E-state index contributed by atoms with van der Waals surface area (Å²) in [5.74, 6) is -1.73. The van der Waals surface area contributed by atoms with E-state index in [1.807, 2.05) is 6.92 Å². The fourth-order valence-corrected chi connectivity index (χ4v) is 2.96. The molecule has 4 nitrogen and oxygen atoms in total. The van der Waals surface area contributed by atoms with E-state index in [4.69, 9.17) is 0 Å². The minimum absolute atomic E-state index is 0.131. The molecule has 0 fully saturated rings. The molecule has 1 unspecified atom stereocenters. The van der Waals surface area contributed by atoms with Gasteiger partial charge in [-0.1, -0.05) is 13.0 Å². The summed E-state index contributed by atoms with van der Waals surface area (Å²) in [7, 11) is -3.16. The van der Waals surface area contributed by atoms with Crippen LogP contribution in [0.5, 0.6) is 0 Å². The van der Waals surface area contributed by atoms with Crippen LogP contribution in [0.25, 0.3) is 0 Å². The van der Waals surface area contributed by atoms with Crippen LogP contribution >= 0.6 is 0 Å². The predicted octanol–water partition coefficient (Wildman–Crippen LogP) is 2.29. The summed E-state index contributed by atoms with van der Waals surface area (Å²) in [4.78, 5) is 0. The maximum atomic E-state index is 13.1. The Labute approximate surface area is 125 Å². The molecule has 1 N–H and O–H groups in total. The molecule has 1 aromatic carbocycles. The average Bonchev–Trinajstić information content (AvgIpc) is 2.40. The van der Waals surface area contributed by atoms with Crippen LogP contribution < -0.4 is 5.32 Å². The fourth-order valence-electron chi connectivity index (χ4n) is 2.03. The van der Waals surface area contributed by atoms with Gasteiger partial charge >= 0.3 is 0 Å². The Kier molecular flexibility index (Phi) is 6.70. The number of nitrogens with zero attached hydrogens (tertiary/aromatic N) is 1. The quantitative estimate of drug-likeness (QED) is 0.748. The fraction of sp³-hybridized carbons (Fsp3) is 0.571. The maximum absolute atomic E-state index is 13.1. The second kappa shape index (κ2) is 7.82. The van der Waals surface area contributed by atoms with Crippen molar-refractivity contribution in [3.63, 3.8) is 0 Å². The van der Waals surface area contributed by atoms with Crippen LogP contribution in [0.2, 0.25) is 0 Å². The molecular formula is C14H22F2N2O2S. The standard InChI is InChI=1S/C14H22F2N2O2S/c1-4-18(21(3,19)20)9-5-8-17-11(2)12-6-7-13(15)14(16)10-12/h6-7,10-11,17H,4-5,8-9H2,1-3H3. The molecule has 1 rings (SSSR count). The molecule has 0 bridgehead atoms. The van der Waals surface area contributed by atoms with Gasteiger partial charge in [-0.25, -0.2) is 21.5 Å². The number of benzene rings is 1. The molecule has 0 aliphatic carbocycles.